The lowest BCUT2D eigenvalue weighted by Crippen LogP contribution is -2.52. The summed E-state index contributed by atoms with van der Waals surface area (Å²) in [6.45, 7) is 5.07. The lowest BCUT2D eigenvalue weighted by atomic mass is 9.97. The Morgan fingerprint density at radius 3 is 2.68 bits per heavy atom. The predicted molar refractivity (Wildman–Crippen MR) is 109 cm³/mol. The van der Waals surface area contributed by atoms with Gasteiger partial charge in [0.1, 0.15) is 17.9 Å². The number of hydrogen-bond acceptors (Lipinski definition) is 7. The Bertz CT molecular complexity index is 1150. The van der Waals surface area contributed by atoms with E-state index in [2.05, 4.69) is 14.9 Å². The van der Waals surface area contributed by atoms with Crippen LogP contribution in [0, 0.1) is 5.82 Å². The van der Waals surface area contributed by atoms with Gasteiger partial charge in [-0.15, -0.1) is 0 Å². The first-order valence-electron chi connectivity index (χ1n) is 10.0. The highest BCUT2D eigenvalue weighted by Crippen LogP contribution is 2.32. The van der Waals surface area contributed by atoms with Crippen LogP contribution in [-0.2, 0) is 25.0 Å². The molecular weight excluding hydrogens is 403 g/mol. The van der Waals surface area contributed by atoms with Crippen LogP contribution in [0.5, 0.6) is 5.75 Å². The van der Waals surface area contributed by atoms with E-state index in [1.54, 1.807) is 18.3 Å². The normalized spacial score (nSPS) is 15.6. The number of nitrogens with zero attached hydrogens (tertiary/aromatic N) is 4. The van der Waals surface area contributed by atoms with Gasteiger partial charge in [0.25, 0.3) is 5.56 Å². The highest BCUT2D eigenvalue weighted by molar-refractivity contribution is 5.96. The van der Waals surface area contributed by atoms with Crippen molar-refractivity contribution in [3.8, 4) is 5.75 Å². The number of aromatic nitrogens is 3. The molecule has 4 rings (SSSR count). The van der Waals surface area contributed by atoms with Gasteiger partial charge in [-0.25, -0.2) is 14.4 Å². The Balaban J connectivity index is 1.62. The van der Waals surface area contributed by atoms with Crippen molar-refractivity contribution in [2.45, 2.75) is 45.3 Å². The molecule has 1 aromatic carbocycles. The summed E-state index contributed by atoms with van der Waals surface area (Å²) in [5.41, 5.74) is -0.782. The molecule has 0 atom stereocenters. The van der Waals surface area contributed by atoms with Gasteiger partial charge in [0.2, 0.25) is 11.6 Å². The summed E-state index contributed by atoms with van der Waals surface area (Å²) < 4.78 is 19.8. The van der Waals surface area contributed by atoms with Crippen LogP contribution < -0.4 is 5.56 Å². The van der Waals surface area contributed by atoms with Gasteiger partial charge >= 0.3 is 0 Å². The zero-order valence-corrected chi connectivity index (χ0v) is 17.3. The molecule has 31 heavy (non-hydrogen) atoms. The zero-order valence-electron chi connectivity index (χ0n) is 17.3. The number of hydrogen-bond donors (Lipinski definition) is 1. The molecule has 0 saturated carbocycles. The third-order valence-corrected chi connectivity index (χ3v) is 5.70. The number of carbonyl (C=O) groups is 1. The molecule has 2 aromatic heterocycles. The van der Waals surface area contributed by atoms with Gasteiger partial charge < -0.3 is 9.52 Å². The summed E-state index contributed by atoms with van der Waals surface area (Å²) in [6, 6.07) is 5.85. The molecule has 0 bridgehead atoms. The van der Waals surface area contributed by atoms with Gasteiger partial charge in [0.05, 0.1) is 18.3 Å². The molecule has 9 heteroatoms. The molecule has 0 radical (unpaired) electrons. The van der Waals surface area contributed by atoms with Crippen LogP contribution >= 0.6 is 0 Å². The third kappa shape index (κ3) is 4.00. The molecule has 3 heterocycles. The minimum atomic E-state index is -0.703. The highest BCUT2D eigenvalue weighted by Gasteiger charge is 2.39. The number of rotatable bonds is 6. The molecule has 0 fully saturated rings. The smallest absolute Gasteiger partial charge is 0.296 e. The van der Waals surface area contributed by atoms with Crippen LogP contribution in [-0.4, -0.2) is 36.9 Å². The van der Waals surface area contributed by atoms with Crippen LogP contribution in [0.4, 0.5) is 4.39 Å². The minimum Gasteiger partial charge on any atom is -0.501 e. The number of ketones is 1. The zero-order chi connectivity index (χ0) is 22.2. The standard InChI is InChI=1S/C22H23FN4O4/c1-22(2)21-25-18(16(28)8-5-14-3-6-15(23)7-4-14)19(29)20(30)27(21)11-10-26(22)13-17-24-9-12-31-17/h3-4,6-7,9,12,29H,5,8,10-11,13H2,1-2H3. The Labute approximate surface area is 178 Å². The van der Waals surface area contributed by atoms with Gasteiger partial charge in [-0.3, -0.25) is 19.1 Å². The molecule has 0 unspecified atom stereocenters. The van der Waals surface area contributed by atoms with E-state index in [1.165, 1.54) is 23.0 Å². The molecule has 0 saturated heterocycles. The second-order valence-corrected chi connectivity index (χ2v) is 8.05. The quantitative estimate of drug-likeness (QED) is 0.605. The number of carbonyl (C=O) groups excluding carboxylic acids is 1. The molecule has 8 nitrogen and oxygen atoms in total. The number of oxazole rings is 1. The molecule has 0 aliphatic carbocycles. The highest BCUT2D eigenvalue weighted by atomic mass is 19.1. The number of aryl methyl sites for hydroxylation is 1. The van der Waals surface area contributed by atoms with Crippen LogP contribution in [0.3, 0.4) is 0 Å². The monoisotopic (exact) mass is 426 g/mol. The Morgan fingerprint density at radius 1 is 1.26 bits per heavy atom. The lowest BCUT2D eigenvalue weighted by Gasteiger charge is -2.42. The maximum absolute atomic E-state index is 13.1. The van der Waals surface area contributed by atoms with Gasteiger partial charge in [0, 0.05) is 19.5 Å². The molecule has 0 amide bonds. The fraction of sp³-hybridized carbons (Fsp3) is 0.364. The predicted octanol–water partition coefficient (Wildman–Crippen LogP) is 2.64. The van der Waals surface area contributed by atoms with Crippen molar-refractivity contribution in [3.05, 3.63) is 75.9 Å². The fourth-order valence-electron chi connectivity index (χ4n) is 3.85. The van der Waals surface area contributed by atoms with E-state index in [9.17, 15) is 19.1 Å². The van der Waals surface area contributed by atoms with E-state index in [4.69, 9.17) is 4.42 Å². The van der Waals surface area contributed by atoms with Crippen molar-refractivity contribution in [1.29, 1.82) is 0 Å². The van der Waals surface area contributed by atoms with Crippen molar-refractivity contribution >= 4 is 5.78 Å². The second-order valence-electron chi connectivity index (χ2n) is 8.05. The summed E-state index contributed by atoms with van der Waals surface area (Å²) in [6.07, 6.45) is 3.45. The van der Waals surface area contributed by atoms with Crippen molar-refractivity contribution in [2.24, 2.45) is 0 Å². The topological polar surface area (TPSA) is 101 Å². The molecular formula is C22H23FN4O4. The first-order chi connectivity index (χ1) is 14.8. The number of aromatic hydroxyl groups is 1. The maximum atomic E-state index is 13.1. The molecule has 1 N–H and O–H groups in total. The summed E-state index contributed by atoms with van der Waals surface area (Å²) in [7, 11) is 0. The average molecular weight is 426 g/mol. The first-order valence-corrected chi connectivity index (χ1v) is 10.0. The fourth-order valence-corrected chi connectivity index (χ4v) is 3.85. The second kappa shape index (κ2) is 8.07. The van der Waals surface area contributed by atoms with Crippen molar-refractivity contribution in [3.63, 3.8) is 0 Å². The Morgan fingerprint density at radius 2 is 2.00 bits per heavy atom. The summed E-state index contributed by atoms with van der Waals surface area (Å²) in [5.74, 6) is -0.488. The first kappa shape index (κ1) is 20.9. The summed E-state index contributed by atoms with van der Waals surface area (Å²) in [5, 5.41) is 10.4. The van der Waals surface area contributed by atoms with E-state index in [-0.39, 0.29) is 17.9 Å². The SMILES string of the molecule is CC1(C)c2nc(C(=O)CCc3ccc(F)cc3)c(O)c(=O)n2CCN1Cc1ncco1. The van der Waals surface area contributed by atoms with Crippen molar-refractivity contribution in [1.82, 2.24) is 19.4 Å². The van der Waals surface area contributed by atoms with Gasteiger partial charge in [-0.05, 0) is 38.0 Å². The van der Waals surface area contributed by atoms with Gasteiger partial charge in [-0.1, -0.05) is 12.1 Å². The van der Waals surface area contributed by atoms with E-state index in [1.807, 2.05) is 13.8 Å². The number of fused-ring (bicyclic) bond motifs is 1. The van der Waals surface area contributed by atoms with Crippen LogP contribution in [0.25, 0.3) is 0 Å². The molecule has 1 aliphatic rings. The number of Topliss-reactive ketones (excluding diaryl/α,β-unsaturated/α-hetero) is 1. The van der Waals surface area contributed by atoms with Gasteiger partial charge in [0.15, 0.2) is 11.5 Å². The van der Waals surface area contributed by atoms with Crippen LogP contribution in [0.2, 0.25) is 0 Å². The number of benzene rings is 1. The van der Waals surface area contributed by atoms with Crippen molar-refractivity contribution < 1.29 is 18.7 Å². The minimum absolute atomic E-state index is 0.0372. The van der Waals surface area contributed by atoms with E-state index in [0.29, 0.717) is 37.8 Å². The maximum Gasteiger partial charge on any atom is 0.296 e. The molecule has 0 spiro atoms. The Kier molecular flexibility index (Phi) is 5.45. The Hall–Kier alpha value is -3.33. The average Bonchev–Trinajstić information content (AvgIpc) is 3.25. The largest absolute Gasteiger partial charge is 0.501 e. The van der Waals surface area contributed by atoms with Gasteiger partial charge in [-0.2, -0.15) is 0 Å². The van der Waals surface area contributed by atoms with Crippen LogP contribution in [0.1, 0.15) is 48.0 Å². The summed E-state index contributed by atoms with van der Waals surface area (Å²) >= 11 is 0. The van der Waals surface area contributed by atoms with E-state index >= 15 is 0 Å². The third-order valence-electron chi connectivity index (χ3n) is 5.70. The molecule has 3 aromatic rings. The molecule has 1 aliphatic heterocycles. The van der Waals surface area contributed by atoms with E-state index in [0.717, 1.165) is 5.56 Å². The molecule has 162 valence electrons. The lowest BCUT2D eigenvalue weighted by molar-refractivity contribution is 0.0566. The summed E-state index contributed by atoms with van der Waals surface area (Å²) in [4.78, 5) is 36.3. The van der Waals surface area contributed by atoms with Crippen LogP contribution in [0.15, 0.2) is 45.9 Å². The van der Waals surface area contributed by atoms with Crippen molar-refractivity contribution in [2.75, 3.05) is 6.54 Å². The number of halogens is 1. The van der Waals surface area contributed by atoms with E-state index < -0.39 is 22.6 Å².